The number of aryl methyl sites for hydroxylation is 1. The summed E-state index contributed by atoms with van der Waals surface area (Å²) in [7, 11) is -1.90. The SMILES string of the molecule is Cn1ccc(NS(=O)(=O)Cc2ccc(C(=O)O)cc2)n1. The summed E-state index contributed by atoms with van der Waals surface area (Å²) in [5.74, 6) is -1.05. The van der Waals surface area contributed by atoms with Gasteiger partial charge in [0.15, 0.2) is 5.82 Å². The fourth-order valence-electron chi connectivity index (χ4n) is 1.63. The predicted octanol–water partition coefficient (Wildman–Crippen LogP) is 1.06. The fraction of sp³-hybridized carbons (Fsp3) is 0.167. The molecule has 7 nitrogen and oxygen atoms in total. The molecule has 0 saturated carbocycles. The van der Waals surface area contributed by atoms with E-state index in [1.165, 1.54) is 28.9 Å². The van der Waals surface area contributed by atoms with Crippen LogP contribution in [0.25, 0.3) is 0 Å². The van der Waals surface area contributed by atoms with Gasteiger partial charge in [-0.25, -0.2) is 13.2 Å². The normalized spacial score (nSPS) is 11.2. The van der Waals surface area contributed by atoms with Gasteiger partial charge in [-0.15, -0.1) is 0 Å². The number of carbonyl (C=O) groups is 1. The molecule has 1 heterocycles. The number of aromatic carboxylic acids is 1. The third-order valence-corrected chi connectivity index (χ3v) is 3.76. The van der Waals surface area contributed by atoms with Crippen molar-refractivity contribution in [3.05, 3.63) is 47.7 Å². The zero-order chi connectivity index (χ0) is 14.8. The summed E-state index contributed by atoms with van der Waals surface area (Å²) < 4.78 is 27.7. The van der Waals surface area contributed by atoms with E-state index >= 15 is 0 Å². The van der Waals surface area contributed by atoms with Crippen LogP contribution in [0.5, 0.6) is 0 Å². The van der Waals surface area contributed by atoms with Crippen LogP contribution < -0.4 is 4.72 Å². The molecule has 2 N–H and O–H groups in total. The average Bonchev–Trinajstić information content (AvgIpc) is 2.73. The van der Waals surface area contributed by atoms with Crippen LogP contribution in [0.15, 0.2) is 36.5 Å². The predicted molar refractivity (Wildman–Crippen MR) is 72.9 cm³/mol. The lowest BCUT2D eigenvalue weighted by Gasteiger charge is -2.05. The maximum absolute atomic E-state index is 11.9. The molecule has 2 rings (SSSR count). The molecule has 20 heavy (non-hydrogen) atoms. The molecular weight excluding hydrogens is 282 g/mol. The van der Waals surface area contributed by atoms with Crippen LogP contribution in [0.3, 0.4) is 0 Å². The van der Waals surface area contributed by atoms with E-state index in [-0.39, 0.29) is 17.1 Å². The van der Waals surface area contributed by atoms with Crippen LogP contribution >= 0.6 is 0 Å². The largest absolute Gasteiger partial charge is 0.478 e. The highest BCUT2D eigenvalue weighted by Crippen LogP contribution is 2.11. The van der Waals surface area contributed by atoms with Crippen molar-refractivity contribution in [1.82, 2.24) is 9.78 Å². The van der Waals surface area contributed by atoms with Crippen LogP contribution in [0, 0.1) is 0 Å². The Kier molecular flexibility index (Phi) is 3.75. The van der Waals surface area contributed by atoms with Gasteiger partial charge in [-0.1, -0.05) is 12.1 Å². The molecule has 8 heteroatoms. The van der Waals surface area contributed by atoms with Crippen LogP contribution in [-0.2, 0) is 22.8 Å². The Bertz CT molecular complexity index is 719. The summed E-state index contributed by atoms with van der Waals surface area (Å²) in [4.78, 5) is 10.7. The number of carboxylic acids is 1. The standard InChI is InChI=1S/C12H13N3O4S/c1-15-7-6-11(13-15)14-20(18,19)8-9-2-4-10(5-3-9)12(16)17/h2-7H,8H2,1H3,(H,13,14)(H,16,17). The van der Waals surface area contributed by atoms with Crippen LogP contribution in [0.2, 0.25) is 0 Å². The van der Waals surface area contributed by atoms with E-state index in [1.54, 1.807) is 19.3 Å². The highest BCUT2D eigenvalue weighted by molar-refractivity contribution is 7.91. The first-order chi connectivity index (χ1) is 9.35. The number of nitrogens with one attached hydrogen (secondary N) is 1. The van der Waals surface area contributed by atoms with Crippen LogP contribution in [0.1, 0.15) is 15.9 Å². The second-order valence-electron chi connectivity index (χ2n) is 4.24. The highest BCUT2D eigenvalue weighted by Gasteiger charge is 2.13. The molecule has 0 aliphatic carbocycles. The van der Waals surface area contributed by atoms with Crippen molar-refractivity contribution in [1.29, 1.82) is 0 Å². The Balaban J connectivity index is 2.09. The zero-order valence-corrected chi connectivity index (χ0v) is 11.5. The lowest BCUT2D eigenvalue weighted by atomic mass is 10.1. The number of aromatic nitrogens is 2. The number of hydrogen-bond acceptors (Lipinski definition) is 4. The van der Waals surface area contributed by atoms with Gasteiger partial charge < -0.3 is 5.11 Å². The van der Waals surface area contributed by atoms with Crippen molar-refractivity contribution in [3.63, 3.8) is 0 Å². The van der Waals surface area contributed by atoms with Gasteiger partial charge in [-0.05, 0) is 17.7 Å². The second kappa shape index (κ2) is 5.33. The molecule has 0 amide bonds. The maximum Gasteiger partial charge on any atom is 0.335 e. The first-order valence-electron chi connectivity index (χ1n) is 5.68. The minimum Gasteiger partial charge on any atom is -0.478 e. The quantitative estimate of drug-likeness (QED) is 0.859. The van der Waals surface area contributed by atoms with Crippen LogP contribution in [-0.4, -0.2) is 29.3 Å². The number of benzene rings is 1. The zero-order valence-electron chi connectivity index (χ0n) is 10.6. The Labute approximate surface area is 115 Å². The Morgan fingerprint density at radius 1 is 1.30 bits per heavy atom. The molecular formula is C12H13N3O4S. The maximum atomic E-state index is 11.9. The molecule has 1 aromatic carbocycles. The van der Waals surface area contributed by atoms with Gasteiger partial charge in [-0.3, -0.25) is 9.40 Å². The smallest absolute Gasteiger partial charge is 0.335 e. The second-order valence-corrected chi connectivity index (χ2v) is 5.96. The van der Waals surface area contributed by atoms with Crippen LogP contribution in [0.4, 0.5) is 5.82 Å². The minimum absolute atomic E-state index is 0.115. The molecule has 106 valence electrons. The third kappa shape index (κ3) is 3.58. The van der Waals surface area contributed by atoms with Crippen molar-refractivity contribution in [2.75, 3.05) is 4.72 Å². The number of rotatable bonds is 5. The van der Waals surface area contributed by atoms with Gasteiger partial charge in [0.05, 0.1) is 11.3 Å². The molecule has 1 aromatic heterocycles. The summed E-state index contributed by atoms with van der Waals surface area (Å²) in [6.07, 6.45) is 1.62. The molecule has 0 aliphatic heterocycles. The highest BCUT2D eigenvalue weighted by atomic mass is 32.2. The molecule has 0 spiro atoms. The van der Waals surface area contributed by atoms with Crippen molar-refractivity contribution in [3.8, 4) is 0 Å². The van der Waals surface area contributed by atoms with Crippen molar-refractivity contribution < 1.29 is 18.3 Å². The molecule has 0 saturated heterocycles. The van der Waals surface area contributed by atoms with E-state index in [9.17, 15) is 13.2 Å². The topological polar surface area (TPSA) is 101 Å². The van der Waals surface area contributed by atoms with Gasteiger partial charge in [-0.2, -0.15) is 5.10 Å². The molecule has 0 bridgehead atoms. The Morgan fingerprint density at radius 3 is 2.45 bits per heavy atom. The molecule has 0 unspecified atom stereocenters. The Morgan fingerprint density at radius 2 is 1.95 bits per heavy atom. The number of anilines is 1. The minimum atomic E-state index is -3.58. The molecule has 0 radical (unpaired) electrons. The third-order valence-electron chi connectivity index (χ3n) is 2.53. The van der Waals surface area contributed by atoms with E-state index in [4.69, 9.17) is 5.11 Å². The number of nitrogens with zero attached hydrogens (tertiary/aromatic N) is 2. The van der Waals surface area contributed by atoms with Crippen molar-refractivity contribution in [2.45, 2.75) is 5.75 Å². The van der Waals surface area contributed by atoms with E-state index in [1.807, 2.05) is 0 Å². The van der Waals surface area contributed by atoms with Gasteiger partial charge >= 0.3 is 5.97 Å². The van der Waals surface area contributed by atoms with Gasteiger partial charge in [0.25, 0.3) is 0 Å². The van der Waals surface area contributed by atoms with Gasteiger partial charge in [0, 0.05) is 19.3 Å². The summed E-state index contributed by atoms with van der Waals surface area (Å²) in [6.45, 7) is 0. The summed E-state index contributed by atoms with van der Waals surface area (Å²) in [5, 5.41) is 12.7. The monoisotopic (exact) mass is 295 g/mol. The van der Waals surface area contributed by atoms with Gasteiger partial charge in [0.1, 0.15) is 0 Å². The van der Waals surface area contributed by atoms with Crippen molar-refractivity contribution >= 4 is 21.8 Å². The number of hydrogen-bond donors (Lipinski definition) is 2. The average molecular weight is 295 g/mol. The first-order valence-corrected chi connectivity index (χ1v) is 7.33. The van der Waals surface area contributed by atoms with Crippen molar-refractivity contribution in [2.24, 2.45) is 7.05 Å². The molecule has 0 atom stereocenters. The summed E-state index contributed by atoms with van der Waals surface area (Å²) >= 11 is 0. The summed E-state index contributed by atoms with van der Waals surface area (Å²) in [6, 6.07) is 7.23. The van der Waals surface area contributed by atoms with E-state index in [2.05, 4.69) is 9.82 Å². The Hall–Kier alpha value is -2.35. The van der Waals surface area contributed by atoms with Gasteiger partial charge in [0.2, 0.25) is 10.0 Å². The molecule has 0 fully saturated rings. The fourth-order valence-corrected chi connectivity index (χ4v) is 2.76. The number of carboxylic acid groups (broad SMARTS) is 1. The van der Waals surface area contributed by atoms with E-state index in [0.717, 1.165) is 0 Å². The summed E-state index contributed by atoms with van der Waals surface area (Å²) in [5.41, 5.74) is 0.613. The first kappa shape index (κ1) is 14.1. The lowest BCUT2D eigenvalue weighted by Crippen LogP contribution is -2.15. The van der Waals surface area contributed by atoms with E-state index in [0.29, 0.717) is 5.56 Å². The van der Waals surface area contributed by atoms with E-state index < -0.39 is 16.0 Å². The lowest BCUT2D eigenvalue weighted by molar-refractivity contribution is 0.0697. The number of sulfonamides is 1. The molecule has 0 aliphatic rings. The molecule has 2 aromatic rings.